The molecule has 1 heterocycles. The average molecular weight is 679 g/mol. The van der Waals surface area contributed by atoms with Gasteiger partial charge >= 0.3 is 6.03 Å². The normalized spacial score (nSPS) is 18.9. The molecule has 1 aliphatic heterocycles. The van der Waals surface area contributed by atoms with Gasteiger partial charge in [-0.15, -0.1) is 0 Å². The summed E-state index contributed by atoms with van der Waals surface area (Å²) in [5.74, 6) is -0.0446. The van der Waals surface area contributed by atoms with Crippen LogP contribution in [-0.2, 0) is 20.8 Å². The molecule has 1 saturated carbocycles. The fraction of sp³-hybridized carbons (Fsp3) is 0.568. The van der Waals surface area contributed by atoms with Gasteiger partial charge in [0.1, 0.15) is 11.9 Å². The van der Waals surface area contributed by atoms with Crippen molar-refractivity contribution in [1.29, 1.82) is 0 Å². The summed E-state index contributed by atoms with van der Waals surface area (Å²) in [5, 5.41) is 18.9. The van der Waals surface area contributed by atoms with E-state index in [1.165, 1.54) is 6.42 Å². The molecule has 12 heteroatoms. The predicted molar refractivity (Wildman–Crippen MR) is 191 cm³/mol. The fourth-order valence-corrected chi connectivity index (χ4v) is 6.40. The first-order chi connectivity index (χ1) is 23.5. The minimum Gasteiger partial charge on any atom is -0.488 e. The van der Waals surface area contributed by atoms with Crippen molar-refractivity contribution in [3.05, 3.63) is 48.0 Å². The highest BCUT2D eigenvalue weighted by Crippen LogP contribution is 2.29. The summed E-state index contributed by atoms with van der Waals surface area (Å²) in [4.78, 5) is 55.1. The smallest absolute Gasteiger partial charge is 0.317 e. The number of ether oxygens (including phenoxy) is 1. The van der Waals surface area contributed by atoms with Crippen molar-refractivity contribution < 1.29 is 29.0 Å². The van der Waals surface area contributed by atoms with Gasteiger partial charge < -0.3 is 41.3 Å². The number of aliphatic hydroxyl groups is 1. The molecule has 0 bridgehead atoms. The molecule has 0 spiro atoms. The van der Waals surface area contributed by atoms with Crippen molar-refractivity contribution in [2.24, 2.45) is 5.92 Å². The number of fused-ring (bicyclic) bond motifs is 1. The van der Waals surface area contributed by atoms with Crippen molar-refractivity contribution in [1.82, 2.24) is 15.1 Å². The highest BCUT2D eigenvalue weighted by molar-refractivity contribution is 5.94. The molecular formula is C37H54N6O6. The standard InChI is InChI=1S/C37H54N6O6/c1-25-22-43(26(2)24-44)36(47)21-27-20-29(39-34(45)16-8-5-9-17-35(46)41-31-15-11-10-14-30(31)38)18-19-32(27)49-33(25)23-42(3)37(48)40-28-12-6-4-7-13-28/h10-11,14-15,18-20,25-26,28,33,44H,4-9,12-13,16-17,21-24,38H2,1-3H3,(H,39,45)(H,40,48)(H,41,46)/t25-,26-,33-/m0/s1. The molecule has 6 N–H and O–H groups in total. The lowest BCUT2D eigenvalue weighted by atomic mass is 9.96. The van der Waals surface area contributed by atoms with E-state index in [4.69, 9.17) is 10.5 Å². The summed E-state index contributed by atoms with van der Waals surface area (Å²) in [6.07, 6.45) is 7.64. The minimum absolute atomic E-state index is 0.0392. The Kier molecular flexibility index (Phi) is 14.1. The topological polar surface area (TPSA) is 166 Å². The number of nitrogen functional groups attached to an aromatic ring is 1. The lowest BCUT2D eigenvalue weighted by Crippen LogP contribution is -2.50. The number of aliphatic hydroxyl groups excluding tert-OH is 1. The third kappa shape index (κ3) is 11.4. The van der Waals surface area contributed by atoms with E-state index in [-0.39, 0.29) is 55.2 Å². The quantitative estimate of drug-likeness (QED) is 0.148. The molecule has 2 aromatic carbocycles. The number of carbonyl (C=O) groups is 4. The molecule has 0 saturated heterocycles. The second-order valence-electron chi connectivity index (χ2n) is 13.6. The first-order valence-corrected chi connectivity index (χ1v) is 17.7. The number of unbranched alkanes of at least 4 members (excludes halogenated alkanes) is 2. The van der Waals surface area contributed by atoms with E-state index in [1.54, 1.807) is 47.2 Å². The van der Waals surface area contributed by atoms with Gasteiger partial charge in [-0.05, 0) is 62.9 Å². The second kappa shape index (κ2) is 18.4. The van der Waals surface area contributed by atoms with Crippen LogP contribution < -0.4 is 26.4 Å². The summed E-state index contributed by atoms with van der Waals surface area (Å²) in [6.45, 7) is 4.30. The number of hydrogen-bond donors (Lipinski definition) is 5. The summed E-state index contributed by atoms with van der Waals surface area (Å²) < 4.78 is 6.55. The molecule has 12 nitrogen and oxygen atoms in total. The largest absolute Gasteiger partial charge is 0.488 e. The van der Waals surface area contributed by atoms with E-state index in [9.17, 15) is 24.3 Å². The van der Waals surface area contributed by atoms with E-state index in [0.29, 0.717) is 67.1 Å². The average Bonchev–Trinajstić information content (AvgIpc) is 3.12. The van der Waals surface area contributed by atoms with Crippen LogP contribution in [0.15, 0.2) is 42.5 Å². The molecule has 1 aliphatic carbocycles. The molecule has 5 amide bonds. The molecule has 268 valence electrons. The summed E-state index contributed by atoms with van der Waals surface area (Å²) in [5.41, 5.74) is 8.17. The van der Waals surface area contributed by atoms with Gasteiger partial charge in [-0.2, -0.15) is 0 Å². The first-order valence-electron chi connectivity index (χ1n) is 17.7. The summed E-state index contributed by atoms with van der Waals surface area (Å²) >= 11 is 0. The van der Waals surface area contributed by atoms with Gasteiger partial charge in [-0.1, -0.05) is 44.7 Å². The number of rotatable bonds is 13. The van der Waals surface area contributed by atoms with E-state index in [0.717, 1.165) is 25.7 Å². The van der Waals surface area contributed by atoms with Crippen LogP contribution >= 0.6 is 0 Å². The van der Waals surface area contributed by atoms with Gasteiger partial charge in [0.2, 0.25) is 17.7 Å². The maximum atomic E-state index is 13.6. The SMILES string of the molecule is C[C@H]1CN([C@@H](C)CO)C(=O)Cc2cc(NC(=O)CCCCCC(=O)Nc3ccccc3N)ccc2O[C@H]1CN(C)C(=O)NC1CCCCC1. The van der Waals surface area contributed by atoms with Gasteiger partial charge in [0, 0.05) is 49.6 Å². The maximum Gasteiger partial charge on any atom is 0.317 e. The molecule has 49 heavy (non-hydrogen) atoms. The third-order valence-corrected chi connectivity index (χ3v) is 9.48. The van der Waals surface area contributed by atoms with Crippen molar-refractivity contribution in [2.45, 2.75) is 103 Å². The second-order valence-corrected chi connectivity index (χ2v) is 13.6. The van der Waals surface area contributed by atoms with Crippen LogP contribution in [0.1, 0.15) is 83.6 Å². The number of nitrogens with two attached hydrogens (primary N) is 1. The molecule has 2 aromatic rings. The van der Waals surface area contributed by atoms with Crippen molar-refractivity contribution >= 4 is 40.8 Å². The van der Waals surface area contributed by atoms with Gasteiger partial charge in [-0.25, -0.2) is 4.79 Å². The Morgan fingerprint density at radius 3 is 2.41 bits per heavy atom. The van der Waals surface area contributed by atoms with Crippen LogP contribution in [0.3, 0.4) is 0 Å². The van der Waals surface area contributed by atoms with Gasteiger partial charge in [0.25, 0.3) is 0 Å². The number of urea groups is 1. The van der Waals surface area contributed by atoms with Gasteiger partial charge in [-0.3, -0.25) is 14.4 Å². The molecule has 3 atom stereocenters. The van der Waals surface area contributed by atoms with Gasteiger partial charge in [0.05, 0.1) is 37.0 Å². The van der Waals surface area contributed by atoms with E-state index in [1.807, 2.05) is 26.0 Å². The Hall–Kier alpha value is -4.32. The lowest BCUT2D eigenvalue weighted by molar-refractivity contribution is -0.134. The zero-order valence-electron chi connectivity index (χ0n) is 29.2. The molecule has 0 radical (unpaired) electrons. The van der Waals surface area contributed by atoms with Crippen LogP contribution in [0, 0.1) is 5.92 Å². The highest BCUT2D eigenvalue weighted by Gasteiger charge is 2.32. The lowest BCUT2D eigenvalue weighted by Gasteiger charge is -2.34. The molecule has 0 unspecified atom stereocenters. The Morgan fingerprint density at radius 1 is 1.02 bits per heavy atom. The Morgan fingerprint density at radius 2 is 1.71 bits per heavy atom. The predicted octanol–water partition coefficient (Wildman–Crippen LogP) is 4.92. The Labute approximate surface area is 290 Å². The minimum atomic E-state index is -0.423. The van der Waals surface area contributed by atoms with Crippen LogP contribution in [0.5, 0.6) is 5.75 Å². The molecular weight excluding hydrogens is 624 g/mol. The number of anilines is 3. The number of hydrogen-bond acceptors (Lipinski definition) is 7. The maximum absolute atomic E-state index is 13.6. The van der Waals surface area contributed by atoms with Crippen LogP contribution in [-0.4, -0.2) is 83.6 Å². The zero-order chi connectivity index (χ0) is 35.3. The molecule has 1 fully saturated rings. The number of amides is 5. The van der Waals surface area contributed by atoms with E-state index >= 15 is 0 Å². The Bertz CT molecular complexity index is 1430. The first kappa shape index (κ1) is 37.5. The summed E-state index contributed by atoms with van der Waals surface area (Å²) in [7, 11) is 1.76. The number of likely N-dealkylation sites (N-methyl/N-ethyl adjacent to an activating group) is 1. The fourth-order valence-electron chi connectivity index (χ4n) is 6.40. The number of nitrogens with one attached hydrogen (secondary N) is 3. The van der Waals surface area contributed by atoms with Crippen molar-refractivity contribution in [3.63, 3.8) is 0 Å². The summed E-state index contributed by atoms with van der Waals surface area (Å²) in [6, 6.07) is 12.0. The van der Waals surface area contributed by atoms with E-state index in [2.05, 4.69) is 16.0 Å². The zero-order valence-corrected chi connectivity index (χ0v) is 29.2. The van der Waals surface area contributed by atoms with Crippen molar-refractivity contribution in [3.8, 4) is 5.75 Å². The van der Waals surface area contributed by atoms with Crippen molar-refractivity contribution in [2.75, 3.05) is 43.1 Å². The molecule has 2 aliphatic rings. The highest BCUT2D eigenvalue weighted by atomic mass is 16.5. The van der Waals surface area contributed by atoms with Crippen LogP contribution in [0.4, 0.5) is 21.9 Å². The van der Waals surface area contributed by atoms with Crippen LogP contribution in [0.25, 0.3) is 0 Å². The number of carbonyl (C=O) groups excluding carboxylic acids is 4. The number of nitrogens with zero attached hydrogens (tertiary/aromatic N) is 2. The van der Waals surface area contributed by atoms with E-state index < -0.39 is 12.1 Å². The third-order valence-electron chi connectivity index (χ3n) is 9.48. The molecule has 0 aromatic heterocycles. The monoisotopic (exact) mass is 678 g/mol. The van der Waals surface area contributed by atoms with Gasteiger partial charge in [0.15, 0.2) is 0 Å². The number of para-hydroxylation sites is 2. The molecule has 4 rings (SSSR count). The Balaban J connectivity index is 1.35. The van der Waals surface area contributed by atoms with Crippen LogP contribution in [0.2, 0.25) is 0 Å². The number of benzene rings is 2.